The Kier molecular flexibility index (Phi) is 6.74. The Morgan fingerprint density at radius 1 is 1.00 bits per heavy atom. The molecule has 2 aromatic rings. The number of rotatable bonds is 6. The van der Waals surface area contributed by atoms with Gasteiger partial charge in [-0.25, -0.2) is 9.59 Å². The van der Waals surface area contributed by atoms with E-state index in [-0.39, 0.29) is 11.8 Å². The molecule has 0 spiro atoms. The van der Waals surface area contributed by atoms with Gasteiger partial charge in [0.15, 0.2) is 5.78 Å². The number of esters is 1. The summed E-state index contributed by atoms with van der Waals surface area (Å²) < 4.78 is 5.06. The van der Waals surface area contributed by atoms with Gasteiger partial charge >= 0.3 is 12.0 Å². The van der Waals surface area contributed by atoms with E-state index in [4.69, 9.17) is 4.74 Å². The number of urea groups is 1. The summed E-state index contributed by atoms with van der Waals surface area (Å²) in [5, 5.41) is 5.68. The smallest absolute Gasteiger partial charge is 0.338 e. The molecule has 1 fully saturated rings. The van der Waals surface area contributed by atoms with Gasteiger partial charge in [-0.05, 0) is 36.8 Å². The number of nitrogens with one attached hydrogen (secondary N) is 2. The molecule has 2 amide bonds. The molecule has 2 aliphatic heterocycles. The monoisotopic (exact) mass is 448 g/mol. The highest BCUT2D eigenvalue weighted by atomic mass is 16.5. The summed E-state index contributed by atoms with van der Waals surface area (Å²) >= 11 is 0. The Morgan fingerprint density at radius 3 is 2.27 bits per heavy atom. The SMILES string of the molecule is COC(=O)C1=C(CN2CCN(c3ccc(C(C)=O)cc3)CC2)NC(=O)N[C@@H]1c1ccccc1. The summed E-state index contributed by atoms with van der Waals surface area (Å²) in [5.74, 6) is -0.408. The number of hydrogen-bond acceptors (Lipinski definition) is 6. The Bertz CT molecular complexity index is 1060. The zero-order valence-corrected chi connectivity index (χ0v) is 18.8. The van der Waals surface area contributed by atoms with Gasteiger partial charge in [-0.3, -0.25) is 9.69 Å². The molecule has 2 N–H and O–H groups in total. The number of carbonyl (C=O) groups is 3. The highest BCUT2D eigenvalue weighted by molar-refractivity contribution is 5.95. The van der Waals surface area contributed by atoms with Crippen molar-refractivity contribution in [3.63, 3.8) is 0 Å². The minimum absolute atomic E-state index is 0.0545. The number of Topliss-reactive ketones (excluding diaryl/α,β-unsaturated/α-hetero) is 1. The minimum Gasteiger partial charge on any atom is -0.466 e. The minimum atomic E-state index is -0.566. The van der Waals surface area contributed by atoms with Gasteiger partial charge < -0.3 is 20.3 Å². The number of amides is 2. The highest BCUT2D eigenvalue weighted by Gasteiger charge is 2.34. The van der Waals surface area contributed by atoms with Crippen LogP contribution in [0.25, 0.3) is 0 Å². The molecule has 0 aliphatic carbocycles. The van der Waals surface area contributed by atoms with Gasteiger partial charge in [0.1, 0.15) is 0 Å². The zero-order chi connectivity index (χ0) is 23.4. The molecule has 0 radical (unpaired) electrons. The first kappa shape index (κ1) is 22.5. The summed E-state index contributed by atoms with van der Waals surface area (Å²) in [6.45, 7) is 5.14. The zero-order valence-electron chi connectivity index (χ0n) is 18.8. The van der Waals surface area contributed by atoms with Gasteiger partial charge in [-0.15, -0.1) is 0 Å². The summed E-state index contributed by atoms with van der Waals surface area (Å²) in [6.07, 6.45) is 0. The topological polar surface area (TPSA) is 91.0 Å². The number of carbonyl (C=O) groups excluding carboxylic acids is 3. The molecule has 172 valence electrons. The van der Waals surface area contributed by atoms with Crippen LogP contribution in [0, 0.1) is 0 Å². The number of benzene rings is 2. The number of nitrogens with zero attached hydrogens (tertiary/aromatic N) is 2. The van der Waals surface area contributed by atoms with E-state index in [1.165, 1.54) is 7.11 Å². The normalized spacial score (nSPS) is 19.0. The first-order valence-electron chi connectivity index (χ1n) is 11.0. The maximum absolute atomic E-state index is 12.7. The number of anilines is 1. The third-order valence-corrected chi connectivity index (χ3v) is 6.08. The van der Waals surface area contributed by atoms with E-state index in [0.717, 1.165) is 37.4 Å². The van der Waals surface area contributed by atoms with Crippen molar-refractivity contribution in [2.24, 2.45) is 0 Å². The van der Waals surface area contributed by atoms with Gasteiger partial charge in [0.05, 0.1) is 18.7 Å². The lowest BCUT2D eigenvalue weighted by Crippen LogP contribution is -2.51. The third-order valence-electron chi connectivity index (χ3n) is 6.08. The lowest BCUT2D eigenvalue weighted by molar-refractivity contribution is -0.136. The lowest BCUT2D eigenvalue weighted by atomic mass is 9.95. The number of methoxy groups -OCH3 is 1. The van der Waals surface area contributed by atoms with Crippen molar-refractivity contribution < 1.29 is 19.1 Å². The summed E-state index contributed by atoms with van der Waals surface area (Å²) in [7, 11) is 1.35. The Labute approximate surface area is 193 Å². The van der Waals surface area contributed by atoms with E-state index in [2.05, 4.69) is 20.4 Å². The summed E-state index contributed by atoms with van der Waals surface area (Å²) in [4.78, 5) is 41.1. The molecule has 2 aliphatic rings. The molecule has 4 rings (SSSR count). The number of piperazine rings is 1. The molecule has 2 heterocycles. The largest absolute Gasteiger partial charge is 0.466 e. The molecular weight excluding hydrogens is 420 g/mol. The predicted octanol–water partition coefficient (Wildman–Crippen LogP) is 2.49. The van der Waals surface area contributed by atoms with Gasteiger partial charge in [0.25, 0.3) is 0 Å². The lowest BCUT2D eigenvalue weighted by Gasteiger charge is -2.38. The first-order valence-corrected chi connectivity index (χ1v) is 11.0. The second-order valence-electron chi connectivity index (χ2n) is 8.19. The molecule has 1 atom stereocenters. The quantitative estimate of drug-likeness (QED) is 0.521. The first-order chi connectivity index (χ1) is 16.0. The fourth-order valence-corrected chi connectivity index (χ4v) is 4.28. The van der Waals surface area contributed by atoms with Gasteiger partial charge in [0, 0.05) is 49.7 Å². The molecule has 0 unspecified atom stereocenters. The van der Waals surface area contributed by atoms with Gasteiger partial charge in [0.2, 0.25) is 0 Å². The van der Waals surface area contributed by atoms with Crippen LogP contribution in [0.4, 0.5) is 10.5 Å². The van der Waals surface area contributed by atoms with Crippen LogP contribution in [0.15, 0.2) is 65.9 Å². The van der Waals surface area contributed by atoms with Crippen LogP contribution in [0.2, 0.25) is 0 Å². The molecule has 0 bridgehead atoms. The van der Waals surface area contributed by atoms with Crippen molar-refractivity contribution >= 4 is 23.5 Å². The van der Waals surface area contributed by atoms with Crippen LogP contribution in [0.3, 0.4) is 0 Å². The maximum atomic E-state index is 12.7. The molecule has 0 saturated carbocycles. The van der Waals surface area contributed by atoms with E-state index < -0.39 is 12.0 Å². The second kappa shape index (κ2) is 9.87. The van der Waals surface area contributed by atoms with Crippen molar-refractivity contribution in [2.45, 2.75) is 13.0 Å². The Balaban J connectivity index is 1.49. The Hall–Kier alpha value is -3.65. The van der Waals surface area contributed by atoms with Crippen LogP contribution in [-0.2, 0) is 9.53 Å². The third kappa shape index (κ3) is 5.06. The molecule has 2 aromatic carbocycles. The van der Waals surface area contributed by atoms with Crippen molar-refractivity contribution in [2.75, 3.05) is 44.7 Å². The van der Waals surface area contributed by atoms with Crippen molar-refractivity contribution in [3.8, 4) is 0 Å². The van der Waals surface area contributed by atoms with Crippen LogP contribution in [0.1, 0.15) is 28.9 Å². The maximum Gasteiger partial charge on any atom is 0.338 e. The number of ether oxygens (including phenoxy) is 1. The van der Waals surface area contributed by atoms with Crippen LogP contribution in [-0.4, -0.2) is 62.5 Å². The van der Waals surface area contributed by atoms with Crippen molar-refractivity contribution in [1.82, 2.24) is 15.5 Å². The summed E-state index contributed by atoms with van der Waals surface area (Å²) in [6, 6.07) is 16.2. The van der Waals surface area contributed by atoms with E-state index in [1.54, 1.807) is 6.92 Å². The van der Waals surface area contributed by atoms with Crippen LogP contribution < -0.4 is 15.5 Å². The van der Waals surface area contributed by atoms with Gasteiger partial charge in [-0.2, -0.15) is 0 Å². The average molecular weight is 449 g/mol. The van der Waals surface area contributed by atoms with E-state index in [9.17, 15) is 14.4 Å². The molecular formula is C25H28N4O4. The van der Waals surface area contributed by atoms with Crippen molar-refractivity contribution in [3.05, 3.63) is 77.0 Å². The van der Waals surface area contributed by atoms with E-state index >= 15 is 0 Å². The standard InChI is InChI=1S/C25H28N4O4/c1-17(30)18-8-10-20(11-9-18)29-14-12-28(13-15-29)16-21-22(24(31)33-2)23(27-25(32)26-21)19-6-4-3-5-7-19/h3-11,23H,12-16H2,1-2H3,(H2,26,27,32)/t23-/m1/s1. The average Bonchev–Trinajstić information content (AvgIpc) is 2.84. The predicted molar refractivity (Wildman–Crippen MR) is 125 cm³/mol. The molecule has 0 aromatic heterocycles. The molecule has 8 heteroatoms. The number of hydrogen-bond donors (Lipinski definition) is 2. The molecule has 1 saturated heterocycles. The molecule has 33 heavy (non-hydrogen) atoms. The van der Waals surface area contributed by atoms with E-state index in [1.807, 2.05) is 54.6 Å². The fraction of sp³-hybridized carbons (Fsp3) is 0.320. The number of ketones is 1. The van der Waals surface area contributed by atoms with Crippen LogP contribution in [0.5, 0.6) is 0 Å². The second-order valence-corrected chi connectivity index (χ2v) is 8.19. The summed E-state index contributed by atoms with van der Waals surface area (Å²) in [5.41, 5.74) is 3.59. The fourth-order valence-electron chi connectivity index (χ4n) is 4.28. The van der Waals surface area contributed by atoms with Crippen molar-refractivity contribution in [1.29, 1.82) is 0 Å². The Morgan fingerprint density at radius 2 is 1.67 bits per heavy atom. The molecule has 8 nitrogen and oxygen atoms in total. The van der Waals surface area contributed by atoms with E-state index in [0.29, 0.717) is 23.4 Å². The van der Waals surface area contributed by atoms with Crippen LogP contribution >= 0.6 is 0 Å². The highest BCUT2D eigenvalue weighted by Crippen LogP contribution is 2.28. The van der Waals surface area contributed by atoms with Gasteiger partial charge in [-0.1, -0.05) is 30.3 Å².